The summed E-state index contributed by atoms with van der Waals surface area (Å²) >= 11 is 0. The summed E-state index contributed by atoms with van der Waals surface area (Å²) in [6.45, 7) is 6.15. The number of anilines is 1. The van der Waals surface area contributed by atoms with E-state index in [1.165, 1.54) is 5.69 Å². The molecule has 0 unspecified atom stereocenters. The van der Waals surface area contributed by atoms with Crippen molar-refractivity contribution in [2.45, 2.75) is 19.8 Å². The van der Waals surface area contributed by atoms with E-state index in [1.807, 2.05) is 40.1 Å². The van der Waals surface area contributed by atoms with Crippen molar-refractivity contribution in [3.63, 3.8) is 0 Å². The SMILES string of the molecule is Cc1nc(-c2ccc(C(=O)N3CCC(C(=O)N4CCN(c5ccccc5)CC4)CC3)cc2)no1. The van der Waals surface area contributed by atoms with Crippen LogP contribution in [0.25, 0.3) is 11.4 Å². The molecule has 5 rings (SSSR count). The number of aryl methyl sites for hydroxylation is 1. The third-order valence-corrected chi connectivity index (χ3v) is 6.76. The van der Waals surface area contributed by atoms with Gasteiger partial charge in [0.05, 0.1) is 0 Å². The Morgan fingerprint density at radius 2 is 1.53 bits per heavy atom. The number of hydrogen-bond donors (Lipinski definition) is 0. The van der Waals surface area contributed by atoms with E-state index in [2.05, 4.69) is 27.2 Å². The molecule has 0 aliphatic carbocycles. The summed E-state index contributed by atoms with van der Waals surface area (Å²) in [5, 5.41) is 3.91. The van der Waals surface area contributed by atoms with Gasteiger partial charge in [-0.1, -0.05) is 35.5 Å². The standard InChI is InChI=1S/C26H29N5O3/c1-19-27-24(28-34-19)20-7-9-21(10-8-20)25(32)30-13-11-22(12-14-30)26(33)31-17-15-29(16-18-31)23-5-3-2-4-6-23/h2-10,22H,11-18H2,1H3. The number of carbonyl (C=O) groups is 2. The van der Waals surface area contributed by atoms with Gasteiger partial charge in [-0.25, -0.2) is 0 Å². The Labute approximate surface area is 199 Å². The largest absolute Gasteiger partial charge is 0.368 e. The fourth-order valence-electron chi connectivity index (χ4n) is 4.77. The number of amides is 2. The number of hydrogen-bond acceptors (Lipinski definition) is 6. The van der Waals surface area contributed by atoms with Crippen molar-refractivity contribution in [2.24, 2.45) is 5.92 Å². The lowest BCUT2D eigenvalue weighted by Crippen LogP contribution is -2.52. The topological polar surface area (TPSA) is 82.8 Å². The first kappa shape index (κ1) is 22.1. The first-order valence-corrected chi connectivity index (χ1v) is 11.9. The minimum Gasteiger partial charge on any atom is -0.368 e. The van der Waals surface area contributed by atoms with Crippen molar-refractivity contribution in [1.82, 2.24) is 19.9 Å². The van der Waals surface area contributed by atoms with Crippen molar-refractivity contribution in [3.05, 3.63) is 66.1 Å². The number of likely N-dealkylation sites (tertiary alicyclic amines) is 1. The van der Waals surface area contributed by atoms with Crippen LogP contribution in [0.3, 0.4) is 0 Å². The van der Waals surface area contributed by atoms with E-state index < -0.39 is 0 Å². The first-order chi connectivity index (χ1) is 16.6. The van der Waals surface area contributed by atoms with Crippen LogP contribution in [0, 0.1) is 12.8 Å². The molecule has 2 fully saturated rings. The maximum Gasteiger partial charge on any atom is 0.253 e. The van der Waals surface area contributed by atoms with Crippen LogP contribution in [0.4, 0.5) is 5.69 Å². The second-order valence-electron chi connectivity index (χ2n) is 8.93. The molecule has 3 aromatic rings. The Hall–Kier alpha value is -3.68. The van der Waals surface area contributed by atoms with E-state index in [-0.39, 0.29) is 17.7 Å². The predicted molar refractivity (Wildman–Crippen MR) is 128 cm³/mol. The average molecular weight is 460 g/mol. The number of piperidine rings is 1. The zero-order valence-electron chi connectivity index (χ0n) is 19.4. The van der Waals surface area contributed by atoms with Gasteiger partial charge in [0.25, 0.3) is 5.91 Å². The third-order valence-electron chi connectivity index (χ3n) is 6.76. The Morgan fingerprint density at radius 1 is 0.853 bits per heavy atom. The zero-order chi connectivity index (χ0) is 23.5. The van der Waals surface area contributed by atoms with Crippen molar-refractivity contribution >= 4 is 17.5 Å². The lowest BCUT2D eigenvalue weighted by atomic mass is 9.94. The van der Waals surface area contributed by atoms with Crippen LogP contribution in [0.2, 0.25) is 0 Å². The highest BCUT2D eigenvalue weighted by molar-refractivity contribution is 5.94. The van der Waals surface area contributed by atoms with E-state index in [0.717, 1.165) is 31.7 Å². The third kappa shape index (κ3) is 4.66. The molecule has 0 N–H and O–H groups in total. The Kier molecular flexibility index (Phi) is 6.29. The molecule has 1 aromatic heterocycles. The molecule has 3 heterocycles. The normalized spacial score (nSPS) is 17.1. The Balaban J connectivity index is 1.12. The second kappa shape index (κ2) is 9.67. The second-order valence-corrected chi connectivity index (χ2v) is 8.93. The van der Waals surface area contributed by atoms with Gasteiger partial charge in [0, 0.05) is 68.9 Å². The molecular weight excluding hydrogens is 430 g/mol. The molecule has 0 saturated carbocycles. The van der Waals surface area contributed by atoms with Crippen molar-refractivity contribution in [2.75, 3.05) is 44.2 Å². The minimum atomic E-state index is -0.00354. The number of benzene rings is 2. The maximum atomic E-state index is 13.1. The molecule has 176 valence electrons. The van der Waals surface area contributed by atoms with Crippen LogP contribution >= 0.6 is 0 Å². The summed E-state index contributed by atoms with van der Waals surface area (Å²) in [4.78, 5) is 36.5. The average Bonchev–Trinajstić information content (AvgIpc) is 3.35. The van der Waals surface area contributed by atoms with Gasteiger partial charge < -0.3 is 19.2 Å². The van der Waals surface area contributed by atoms with Crippen LogP contribution in [-0.2, 0) is 4.79 Å². The van der Waals surface area contributed by atoms with Crippen LogP contribution in [0.15, 0.2) is 59.1 Å². The molecule has 2 amide bonds. The molecule has 0 bridgehead atoms. The number of nitrogens with zero attached hydrogens (tertiary/aromatic N) is 5. The number of carbonyl (C=O) groups excluding carboxylic acids is 2. The van der Waals surface area contributed by atoms with Crippen LogP contribution in [0.1, 0.15) is 29.1 Å². The molecule has 0 spiro atoms. The van der Waals surface area contributed by atoms with E-state index in [9.17, 15) is 9.59 Å². The summed E-state index contributed by atoms with van der Waals surface area (Å²) in [6.07, 6.45) is 1.42. The molecule has 0 atom stereocenters. The molecule has 8 heteroatoms. The first-order valence-electron chi connectivity index (χ1n) is 11.9. The van der Waals surface area contributed by atoms with Gasteiger partial charge in [-0.3, -0.25) is 9.59 Å². The van der Waals surface area contributed by atoms with Crippen LogP contribution < -0.4 is 4.90 Å². The lowest BCUT2D eigenvalue weighted by Gasteiger charge is -2.39. The molecule has 8 nitrogen and oxygen atoms in total. The van der Waals surface area contributed by atoms with Crippen LogP contribution in [0.5, 0.6) is 0 Å². The zero-order valence-corrected chi connectivity index (χ0v) is 19.4. The quantitative estimate of drug-likeness (QED) is 0.596. The molecule has 34 heavy (non-hydrogen) atoms. The van der Waals surface area contributed by atoms with Crippen molar-refractivity contribution in [3.8, 4) is 11.4 Å². The molecule has 2 aliphatic heterocycles. The number of piperazine rings is 1. The Bertz CT molecular complexity index is 1130. The number of rotatable bonds is 4. The van der Waals surface area contributed by atoms with E-state index in [4.69, 9.17) is 4.52 Å². The minimum absolute atomic E-state index is 0.00165. The summed E-state index contributed by atoms with van der Waals surface area (Å²) in [6, 6.07) is 17.6. The lowest BCUT2D eigenvalue weighted by molar-refractivity contribution is -0.137. The molecule has 0 radical (unpaired) electrons. The molecular formula is C26H29N5O3. The van der Waals surface area contributed by atoms with Gasteiger partial charge in [-0.15, -0.1) is 0 Å². The molecule has 2 aromatic carbocycles. The summed E-state index contributed by atoms with van der Waals surface area (Å²) < 4.78 is 5.02. The van der Waals surface area contributed by atoms with Crippen molar-refractivity contribution in [1.29, 1.82) is 0 Å². The highest BCUT2D eigenvalue weighted by Gasteiger charge is 2.32. The molecule has 2 saturated heterocycles. The number of aromatic nitrogens is 2. The van der Waals surface area contributed by atoms with Gasteiger partial charge in [0.2, 0.25) is 17.6 Å². The predicted octanol–water partition coefficient (Wildman–Crippen LogP) is 3.25. The monoisotopic (exact) mass is 459 g/mol. The maximum absolute atomic E-state index is 13.1. The Morgan fingerprint density at radius 3 is 2.15 bits per heavy atom. The number of para-hydroxylation sites is 1. The fourth-order valence-corrected chi connectivity index (χ4v) is 4.77. The fraction of sp³-hybridized carbons (Fsp3) is 0.385. The smallest absolute Gasteiger partial charge is 0.253 e. The highest BCUT2D eigenvalue weighted by Crippen LogP contribution is 2.24. The summed E-state index contributed by atoms with van der Waals surface area (Å²) in [7, 11) is 0. The van der Waals surface area contributed by atoms with Gasteiger partial charge in [-0.05, 0) is 37.1 Å². The van der Waals surface area contributed by atoms with Gasteiger partial charge in [-0.2, -0.15) is 4.98 Å². The highest BCUT2D eigenvalue weighted by atomic mass is 16.5. The van der Waals surface area contributed by atoms with Gasteiger partial charge in [0.1, 0.15) is 0 Å². The van der Waals surface area contributed by atoms with Gasteiger partial charge in [0.15, 0.2) is 0 Å². The van der Waals surface area contributed by atoms with E-state index >= 15 is 0 Å². The van der Waals surface area contributed by atoms with Crippen molar-refractivity contribution < 1.29 is 14.1 Å². The van der Waals surface area contributed by atoms with E-state index in [1.54, 1.807) is 19.1 Å². The summed E-state index contributed by atoms with van der Waals surface area (Å²) in [5.74, 6) is 1.25. The van der Waals surface area contributed by atoms with Crippen LogP contribution in [-0.4, -0.2) is 71.0 Å². The van der Waals surface area contributed by atoms with Gasteiger partial charge >= 0.3 is 0 Å². The molecule has 2 aliphatic rings. The summed E-state index contributed by atoms with van der Waals surface area (Å²) in [5.41, 5.74) is 2.65. The van der Waals surface area contributed by atoms with E-state index in [0.29, 0.717) is 43.2 Å².